The standard InChI is InChI=1S/C18H24N4O3S2/c1-6-25-16(24)18(4,5)22-7-12(8-22)15(23)21-17-20-13(9-26-17)14-10(2)19-11(3)27-14/h9,12H,6-8H2,1-5H3,(H,20,21,23). The minimum absolute atomic E-state index is 0.0657. The Morgan fingerprint density at radius 1 is 1.33 bits per heavy atom. The number of anilines is 1. The number of aromatic nitrogens is 2. The number of thiazole rings is 2. The van der Waals surface area contributed by atoms with E-state index < -0.39 is 5.54 Å². The number of nitrogens with one attached hydrogen (secondary N) is 1. The van der Waals surface area contributed by atoms with Gasteiger partial charge in [-0.15, -0.1) is 22.7 Å². The first-order valence-corrected chi connectivity index (χ1v) is 10.5. The molecule has 0 bridgehead atoms. The molecule has 7 nitrogen and oxygen atoms in total. The molecule has 0 saturated carbocycles. The molecule has 1 aliphatic rings. The average Bonchev–Trinajstić information content (AvgIpc) is 3.11. The largest absolute Gasteiger partial charge is 0.465 e. The van der Waals surface area contributed by atoms with Gasteiger partial charge in [-0.3, -0.25) is 14.5 Å². The molecule has 0 radical (unpaired) electrons. The summed E-state index contributed by atoms with van der Waals surface area (Å²) in [5.74, 6) is -0.480. The molecule has 1 aliphatic heterocycles. The monoisotopic (exact) mass is 408 g/mol. The maximum atomic E-state index is 12.5. The number of hydrogen-bond donors (Lipinski definition) is 1. The molecule has 3 heterocycles. The zero-order valence-corrected chi connectivity index (χ0v) is 17.8. The average molecular weight is 409 g/mol. The molecular weight excluding hydrogens is 384 g/mol. The molecule has 146 valence electrons. The van der Waals surface area contributed by atoms with Crippen molar-refractivity contribution in [3.8, 4) is 10.6 Å². The first kappa shape index (κ1) is 19.9. The van der Waals surface area contributed by atoms with Crippen LogP contribution in [-0.2, 0) is 14.3 Å². The first-order valence-electron chi connectivity index (χ1n) is 8.85. The molecule has 9 heteroatoms. The van der Waals surface area contributed by atoms with Crippen molar-refractivity contribution in [3.05, 3.63) is 16.1 Å². The van der Waals surface area contributed by atoms with E-state index in [1.54, 1.807) is 18.3 Å². The van der Waals surface area contributed by atoms with Crippen LogP contribution in [0.4, 0.5) is 5.13 Å². The van der Waals surface area contributed by atoms with Gasteiger partial charge in [0.1, 0.15) is 5.54 Å². The van der Waals surface area contributed by atoms with Crippen LogP contribution >= 0.6 is 22.7 Å². The quantitative estimate of drug-likeness (QED) is 0.740. The Morgan fingerprint density at radius 2 is 2.04 bits per heavy atom. The van der Waals surface area contributed by atoms with Crippen LogP contribution in [0.1, 0.15) is 31.5 Å². The number of aryl methyl sites for hydroxylation is 2. The van der Waals surface area contributed by atoms with Crippen molar-refractivity contribution in [2.75, 3.05) is 25.0 Å². The number of carbonyl (C=O) groups excluding carboxylic acids is 2. The number of amides is 1. The molecule has 1 fully saturated rings. The first-order chi connectivity index (χ1) is 12.7. The number of ether oxygens (including phenoxy) is 1. The van der Waals surface area contributed by atoms with Gasteiger partial charge < -0.3 is 10.1 Å². The topological polar surface area (TPSA) is 84.4 Å². The summed E-state index contributed by atoms with van der Waals surface area (Å²) < 4.78 is 5.12. The Kier molecular flexibility index (Phi) is 5.64. The molecule has 2 aromatic rings. The number of rotatable bonds is 6. The summed E-state index contributed by atoms with van der Waals surface area (Å²) in [5.41, 5.74) is 1.08. The van der Waals surface area contributed by atoms with Crippen molar-refractivity contribution in [2.45, 2.75) is 40.2 Å². The van der Waals surface area contributed by atoms with E-state index in [1.807, 2.05) is 38.0 Å². The van der Waals surface area contributed by atoms with Gasteiger partial charge >= 0.3 is 5.97 Å². The maximum absolute atomic E-state index is 12.5. The van der Waals surface area contributed by atoms with Crippen LogP contribution < -0.4 is 5.32 Å². The third-order valence-corrected chi connectivity index (χ3v) is 6.54. The van der Waals surface area contributed by atoms with Gasteiger partial charge in [0.25, 0.3) is 0 Å². The third-order valence-electron chi connectivity index (χ3n) is 4.69. The Morgan fingerprint density at radius 3 is 2.63 bits per heavy atom. The summed E-state index contributed by atoms with van der Waals surface area (Å²) in [5, 5.41) is 6.42. The molecule has 1 saturated heterocycles. The molecule has 0 spiro atoms. The predicted octanol–water partition coefficient (Wildman–Crippen LogP) is 3.10. The summed E-state index contributed by atoms with van der Waals surface area (Å²) in [4.78, 5) is 36.5. The fourth-order valence-corrected chi connectivity index (χ4v) is 4.61. The SMILES string of the molecule is CCOC(=O)C(C)(C)N1CC(C(=O)Nc2nc(-c3sc(C)nc3C)cs2)C1. The maximum Gasteiger partial charge on any atom is 0.325 e. The zero-order chi connectivity index (χ0) is 19.8. The second kappa shape index (κ2) is 7.65. The highest BCUT2D eigenvalue weighted by Crippen LogP contribution is 2.33. The molecule has 0 aromatic carbocycles. The van der Waals surface area contributed by atoms with Crippen LogP contribution in [0, 0.1) is 19.8 Å². The lowest BCUT2D eigenvalue weighted by molar-refractivity contribution is -0.162. The molecule has 27 heavy (non-hydrogen) atoms. The molecule has 1 amide bonds. The van der Waals surface area contributed by atoms with Crippen molar-refractivity contribution >= 4 is 39.7 Å². The van der Waals surface area contributed by atoms with Crippen molar-refractivity contribution in [1.82, 2.24) is 14.9 Å². The summed E-state index contributed by atoms with van der Waals surface area (Å²) in [6.07, 6.45) is 0. The second-order valence-corrected chi connectivity index (χ2v) is 9.12. The van der Waals surface area contributed by atoms with E-state index >= 15 is 0 Å². The van der Waals surface area contributed by atoms with Crippen LogP contribution in [0.2, 0.25) is 0 Å². The van der Waals surface area contributed by atoms with E-state index in [1.165, 1.54) is 11.3 Å². The smallest absolute Gasteiger partial charge is 0.325 e. The number of nitrogens with zero attached hydrogens (tertiary/aromatic N) is 3. The molecular formula is C18H24N4O3S2. The number of carbonyl (C=O) groups is 2. The van der Waals surface area contributed by atoms with Crippen LogP contribution in [0.3, 0.4) is 0 Å². The Bertz CT molecular complexity index is 853. The fraction of sp³-hybridized carbons (Fsp3) is 0.556. The molecule has 2 aromatic heterocycles. The molecule has 3 rings (SSSR count). The van der Waals surface area contributed by atoms with E-state index in [0.29, 0.717) is 24.8 Å². The van der Waals surface area contributed by atoms with Crippen LogP contribution in [0.5, 0.6) is 0 Å². The normalized spacial score (nSPS) is 15.4. The van der Waals surface area contributed by atoms with E-state index in [0.717, 1.165) is 21.3 Å². The molecule has 1 N–H and O–H groups in total. The summed E-state index contributed by atoms with van der Waals surface area (Å²) in [7, 11) is 0. The fourth-order valence-electron chi connectivity index (χ4n) is 2.95. The van der Waals surface area contributed by atoms with Gasteiger partial charge in [-0.1, -0.05) is 0 Å². The van der Waals surface area contributed by atoms with E-state index in [9.17, 15) is 9.59 Å². The third kappa shape index (κ3) is 4.04. The lowest BCUT2D eigenvalue weighted by Gasteiger charge is -2.46. The lowest BCUT2D eigenvalue weighted by Crippen LogP contribution is -2.63. The summed E-state index contributed by atoms with van der Waals surface area (Å²) in [6.45, 7) is 10.8. The molecule has 0 atom stereocenters. The van der Waals surface area contributed by atoms with E-state index in [4.69, 9.17) is 4.74 Å². The summed E-state index contributed by atoms with van der Waals surface area (Å²) in [6, 6.07) is 0. The van der Waals surface area contributed by atoms with Crippen LogP contribution in [-0.4, -0.2) is 52.0 Å². The van der Waals surface area contributed by atoms with Gasteiger partial charge in [0.15, 0.2) is 5.13 Å². The predicted molar refractivity (Wildman–Crippen MR) is 107 cm³/mol. The van der Waals surface area contributed by atoms with Crippen molar-refractivity contribution < 1.29 is 14.3 Å². The van der Waals surface area contributed by atoms with Crippen molar-refractivity contribution in [2.24, 2.45) is 5.92 Å². The van der Waals surface area contributed by atoms with Gasteiger partial charge in [0, 0.05) is 18.5 Å². The van der Waals surface area contributed by atoms with E-state index in [-0.39, 0.29) is 17.8 Å². The van der Waals surface area contributed by atoms with Gasteiger partial charge in [-0.05, 0) is 34.6 Å². The Hall–Kier alpha value is -1.84. The number of esters is 1. The number of hydrogen-bond acceptors (Lipinski definition) is 8. The zero-order valence-electron chi connectivity index (χ0n) is 16.2. The minimum atomic E-state index is -0.720. The molecule has 0 unspecified atom stereocenters. The Labute approximate surface area is 166 Å². The highest BCUT2D eigenvalue weighted by molar-refractivity contribution is 7.16. The van der Waals surface area contributed by atoms with Gasteiger partial charge in [0.05, 0.1) is 33.8 Å². The Balaban J connectivity index is 1.57. The van der Waals surface area contributed by atoms with Crippen molar-refractivity contribution in [3.63, 3.8) is 0 Å². The van der Waals surface area contributed by atoms with E-state index in [2.05, 4.69) is 15.3 Å². The van der Waals surface area contributed by atoms with Gasteiger partial charge in [-0.2, -0.15) is 0 Å². The van der Waals surface area contributed by atoms with Gasteiger partial charge in [0.2, 0.25) is 5.91 Å². The van der Waals surface area contributed by atoms with Crippen LogP contribution in [0.25, 0.3) is 10.6 Å². The highest BCUT2D eigenvalue weighted by Gasteiger charge is 2.45. The minimum Gasteiger partial charge on any atom is -0.465 e. The van der Waals surface area contributed by atoms with Crippen molar-refractivity contribution in [1.29, 1.82) is 0 Å². The molecule has 0 aliphatic carbocycles. The summed E-state index contributed by atoms with van der Waals surface area (Å²) >= 11 is 3.01. The highest BCUT2D eigenvalue weighted by atomic mass is 32.1. The lowest BCUT2D eigenvalue weighted by atomic mass is 9.90. The second-order valence-electron chi connectivity index (χ2n) is 7.06. The number of likely N-dealkylation sites (tertiary alicyclic amines) is 1. The van der Waals surface area contributed by atoms with Crippen LogP contribution in [0.15, 0.2) is 5.38 Å². The van der Waals surface area contributed by atoms with Gasteiger partial charge in [-0.25, -0.2) is 9.97 Å².